The minimum absolute atomic E-state index is 0.244. The molecule has 0 radical (unpaired) electrons. The summed E-state index contributed by atoms with van der Waals surface area (Å²) in [6.07, 6.45) is -2.77. The maximum Gasteiger partial charge on any atom is 0.299 e. The molecule has 0 aliphatic carbocycles. The van der Waals surface area contributed by atoms with Crippen LogP contribution in [0.25, 0.3) is 5.65 Å². The summed E-state index contributed by atoms with van der Waals surface area (Å²) in [6.45, 7) is 0.474. The van der Waals surface area contributed by atoms with Crippen LogP contribution in [0.5, 0.6) is 0 Å². The van der Waals surface area contributed by atoms with Crippen molar-refractivity contribution in [1.29, 1.82) is 0 Å². The van der Waals surface area contributed by atoms with E-state index in [9.17, 15) is 13.2 Å². The minimum atomic E-state index is -2.77. The van der Waals surface area contributed by atoms with Gasteiger partial charge in [-0.25, -0.2) is 13.2 Å². The SMILES string of the molecule is Fc1ccc(CNc2nnc(Sc3ccc4nnc(C(F)F)n4n3)s2)cc1. The number of anilines is 1. The zero-order valence-corrected chi connectivity index (χ0v) is 15.0. The van der Waals surface area contributed by atoms with Crippen LogP contribution in [-0.2, 0) is 6.54 Å². The second-order valence-corrected chi connectivity index (χ2v) is 7.50. The molecule has 0 amide bonds. The van der Waals surface area contributed by atoms with Crippen LogP contribution in [0.1, 0.15) is 17.8 Å². The van der Waals surface area contributed by atoms with Crippen LogP contribution in [0.2, 0.25) is 0 Å². The van der Waals surface area contributed by atoms with Crippen LogP contribution in [0.3, 0.4) is 0 Å². The van der Waals surface area contributed by atoms with E-state index in [0.29, 0.717) is 21.0 Å². The van der Waals surface area contributed by atoms with Crippen LogP contribution in [0, 0.1) is 5.82 Å². The Bertz CT molecular complexity index is 1060. The number of aromatic nitrogens is 6. The highest BCUT2D eigenvalue weighted by Crippen LogP contribution is 2.31. The van der Waals surface area contributed by atoms with Gasteiger partial charge in [-0.2, -0.15) is 9.61 Å². The van der Waals surface area contributed by atoms with Gasteiger partial charge in [0.15, 0.2) is 9.99 Å². The van der Waals surface area contributed by atoms with E-state index in [2.05, 4.69) is 30.8 Å². The lowest BCUT2D eigenvalue weighted by Crippen LogP contribution is -2.00. The molecule has 0 spiro atoms. The number of halogens is 3. The molecule has 0 aliphatic rings. The highest BCUT2D eigenvalue weighted by atomic mass is 32.2. The van der Waals surface area contributed by atoms with Gasteiger partial charge in [-0.05, 0) is 41.6 Å². The first-order valence-electron chi connectivity index (χ1n) is 7.58. The summed E-state index contributed by atoms with van der Waals surface area (Å²) in [7, 11) is 0. The van der Waals surface area contributed by atoms with Gasteiger partial charge in [0, 0.05) is 6.54 Å². The average molecular weight is 409 g/mol. The van der Waals surface area contributed by atoms with Gasteiger partial charge >= 0.3 is 0 Å². The summed E-state index contributed by atoms with van der Waals surface area (Å²) in [6, 6.07) is 9.34. The monoisotopic (exact) mass is 409 g/mol. The molecule has 138 valence electrons. The second-order valence-electron chi connectivity index (χ2n) is 5.26. The smallest absolute Gasteiger partial charge is 0.299 e. The Hall–Kier alpha value is -2.73. The summed E-state index contributed by atoms with van der Waals surface area (Å²) in [5, 5.41) is 23.4. The average Bonchev–Trinajstić information content (AvgIpc) is 3.28. The number of hydrogen-bond donors (Lipinski definition) is 1. The number of fused-ring (bicyclic) bond motifs is 1. The Kier molecular flexibility index (Phi) is 4.90. The van der Waals surface area contributed by atoms with Crippen LogP contribution < -0.4 is 5.32 Å². The van der Waals surface area contributed by atoms with E-state index in [1.165, 1.54) is 35.2 Å². The fraction of sp³-hybridized carbons (Fsp3) is 0.133. The number of alkyl halides is 2. The molecule has 0 bridgehead atoms. The highest BCUT2D eigenvalue weighted by molar-refractivity contribution is 8.01. The summed E-state index contributed by atoms with van der Waals surface area (Å²) in [5.74, 6) is -0.799. The summed E-state index contributed by atoms with van der Waals surface area (Å²) >= 11 is 2.49. The lowest BCUT2D eigenvalue weighted by molar-refractivity contribution is 0.137. The van der Waals surface area contributed by atoms with Gasteiger partial charge in [0.2, 0.25) is 11.0 Å². The summed E-state index contributed by atoms with van der Waals surface area (Å²) < 4.78 is 40.4. The lowest BCUT2D eigenvalue weighted by atomic mass is 10.2. The van der Waals surface area contributed by atoms with Crippen LogP contribution >= 0.6 is 23.1 Å². The molecule has 0 aliphatic heterocycles. The summed E-state index contributed by atoms with van der Waals surface area (Å²) in [4.78, 5) is 0. The molecular weight excluding hydrogens is 399 g/mol. The van der Waals surface area contributed by atoms with Gasteiger partial charge < -0.3 is 5.32 Å². The lowest BCUT2D eigenvalue weighted by Gasteiger charge is -2.01. The van der Waals surface area contributed by atoms with Crippen molar-refractivity contribution in [2.75, 3.05) is 5.32 Å². The largest absolute Gasteiger partial charge is 0.356 e. The van der Waals surface area contributed by atoms with Gasteiger partial charge in [0.1, 0.15) is 10.8 Å². The molecule has 1 aromatic carbocycles. The fourth-order valence-corrected chi connectivity index (χ4v) is 3.82. The zero-order valence-electron chi connectivity index (χ0n) is 13.4. The fourth-order valence-electron chi connectivity index (χ4n) is 2.17. The third-order valence-corrected chi connectivity index (χ3v) is 5.27. The van der Waals surface area contributed by atoms with E-state index in [1.807, 2.05) is 0 Å². The minimum Gasteiger partial charge on any atom is -0.356 e. The quantitative estimate of drug-likeness (QED) is 0.519. The van der Waals surface area contributed by atoms with Crippen molar-refractivity contribution in [1.82, 2.24) is 30.0 Å². The first-order chi connectivity index (χ1) is 13.1. The van der Waals surface area contributed by atoms with E-state index >= 15 is 0 Å². The molecule has 1 N–H and O–H groups in total. The molecule has 0 saturated heterocycles. The van der Waals surface area contributed by atoms with Crippen molar-refractivity contribution >= 4 is 33.9 Å². The van der Waals surface area contributed by atoms with Gasteiger partial charge in [0.05, 0.1) is 0 Å². The predicted octanol–water partition coefficient (Wildman–Crippen LogP) is 3.82. The van der Waals surface area contributed by atoms with E-state index in [1.54, 1.807) is 24.3 Å². The van der Waals surface area contributed by atoms with E-state index in [-0.39, 0.29) is 11.5 Å². The molecule has 4 aromatic rings. The van der Waals surface area contributed by atoms with Crippen molar-refractivity contribution in [2.45, 2.75) is 22.3 Å². The molecule has 3 heterocycles. The Morgan fingerprint density at radius 1 is 1.04 bits per heavy atom. The van der Waals surface area contributed by atoms with Gasteiger partial charge in [-0.15, -0.1) is 20.4 Å². The molecule has 0 fully saturated rings. The third-order valence-electron chi connectivity index (χ3n) is 3.41. The van der Waals surface area contributed by atoms with E-state index in [0.717, 1.165) is 10.1 Å². The Morgan fingerprint density at radius 3 is 2.63 bits per heavy atom. The number of nitrogens with one attached hydrogen (secondary N) is 1. The summed E-state index contributed by atoms with van der Waals surface area (Å²) in [5.41, 5.74) is 1.15. The van der Waals surface area contributed by atoms with Crippen LogP contribution in [0.15, 0.2) is 45.8 Å². The topological polar surface area (TPSA) is 80.9 Å². The molecular formula is C15H10F3N7S2. The van der Waals surface area contributed by atoms with Gasteiger partial charge in [0.25, 0.3) is 6.43 Å². The van der Waals surface area contributed by atoms with Crippen molar-refractivity contribution in [3.63, 3.8) is 0 Å². The zero-order chi connectivity index (χ0) is 18.8. The van der Waals surface area contributed by atoms with Gasteiger partial charge in [-0.3, -0.25) is 0 Å². The van der Waals surface area contributed by atoms with Crippen molar-refractivity contribution in [2.24, 2.45) is 0 Å². The molecule has 7 nitrogen and oxygen atoms in total. The Morgan fingerprint density at radius 2 is 1.85 bits per heavy atom. The van der Waals surface area contributed by atoms with Crippen LogP contribution in [-0.4, -0.2) is 30.0 Å². The normalized spacial score (nSPS) is 11.4. The standard InChI is InChI=1S/C15H10F3N7S2/c16-9-3-1-8(2-4-9)7-19-14-22-23-15(27-14)26-11-6-5-10-20-21-13(12(17)18)25(10)24-11/h1-6,12H,7H2,(H,19,22). The molecule has 4 rings (SSSR count). The van der Waals surface area contributed by atoms with Crippen molar-refractivity contribution in [3.05, 3.63) is 53.6 Å². The van der Waals surface area contributed by atoms with Gasteiger partial charge in [-0.1, -0.05) is 23.5 Å². The molecule has 0 atom stereocenters. The number of nitrogens with zero attached hydrogens (tertiary/aromatic N) is 6. The first kappa shape index (κ1) is 17.7. The third kappa shape index (κ3) is 4.01. The van der Waals surface area contributed by atoms with Crippen molar-refractivity contribution in [3.8, 4) is 0 Å². The molecule has 3 aromatic heterocycles. The Labute approximate surface area is 158 Å². The van der Waals surface area contributed by atoms with Crippen molar-refractivity contribution < 1.29 is 13.2 Å². The molecule has 12 heteroatoms. The molecule has 27 heavy (non-hydrogen) atoms. The maximum absolute atomic E-state index is 12.9. The van der Waals surface area contributed by atoms with Crippen LogP contribution in [0.4, 0.5) is 18.3 Å². The predicted molar refractivity (Wildman–Crippen MR) is 93.5 cm³/mol. The highest BCUT2D eigenvalue weighted by Gasteiger charge is 2.17. The number of benzene rings is 1. The molecule has 0 unspecified atom stereocenters. The second kappa shape index (κ2) is 7.48. The van der Waals surface area contributed by atoms with E-state index in [4.69, 9.17) is 0 Å². The number of rotatable bonds is 6. The number of hydrogen-bond acceptors (Lipinski definition) is 8. The Balaban J connectivity index is 1.45. The maximum atomic E-state index is 12.9. The van der Waals surface area contributed by atoms with E-state index < -0.39 is 12.2 Å². The molecule has 0 saturated carbocycles. The first-order valence-corrected chi connectivity index (χ1v) is 9.22.